The van der Waals surface area contributed by atoms with Gasteiger partial charge in [-0.25, -0.2) is 0 Å². The van der Waals surface area contributed by atoms with Gasteiger partial charge in [0.15, 0.2) is 0 Å². The molecule has 0 saturated carbocycles. The van der Waals surface area contributed by atoms with Gasteiger partial charge in [0.05, 0.1) is 0 Å². The molecule has 72 valence electrons. The number of anilines is 1. The minimum Gasteiger partial charge on any atom is -0.347 e. The number of hydrogen-bond acceptors (Lipinski definition) is 5. The smallest absolute Gasteiger partial charge is 0.208 e. The molecule has 1 aromatic heterocycles. The fourth-order valence-electron chi connectivity index (χ4n) is 1.51. The Kier molecular flexibility index (Phi) is 2.75. The summed E-state index contributed by atoms with van der Waals surface area (Å²) in [5.74, 6) is 0. The largest absolute Gasteiger partial charge is 0.347 e. The Morgan fingerprint density at radius 2 is 2.08 bits per heavy atom. The standard InChI is InChI=1S/C8H14N4S/c9-4-3-7-10-11-8(13-7)12-5-1-2-6-12/h1-6,9H2. The van der Waals surface area contributed by atoms with E-state index in [4.69, 9.17) is 5.73 Å². The van der Waals surface area contributed by atoms with Gasteiger partial charge in [0.25, 0.3) is 0 Å². The van der Waals surface area contributed by atoms with Crippen molar-refractivity contribution in [2.45, 2.75) is 19.3 Å². The highest BCUT2D eigenvalue weighted by atomic mass is 32.1. The van der Waals surface area contributed by atoms with E-state index in [1.54, 1.807) is 11.3 Å². The molecule has 0 bridgehead atoms. The van der Waals surface area contributed by atoms with Crippen molar-refractivity contribution in [1.29, 1.82) is 0 Å². The average molecular weight is 198 g/mol. The number of hydrogen-bond donors (Lipinski definition) is 1. The number of nitrogens with two attached hydrogens (primary N) is 1. The van der Waals surface area contributed by atoms with Crippen LogP contribution in [0.4, 0.5) is 5.13 Å². The van der Waals surface area contributed by atoms with Gasteiger partial charge in [0.1, 0.15) is 5.01 Å². The molecule has 4 nitrogen and oxygen atoms in total. The van der Waals surface area contributed by atoms with E-state index in [1.807, 2.05) is 0 Å². The predicted octanol–water partition coefficient (Wildman–Crippen LogP) is 0.639. The van der Waals surface area contributed by atoms with Crippen LogP contribution in [0.1, 0.15) is 17.8 Å². The molecule has 1 aliphatic rings. The van der Waals surface area contributed by atoms with Crippen molar-refractivity contribution >= 4 is 16.5 Å². The number of rotatable bonds is 3. The van der Waals surface area contributed by atoms with Crippen LogP contribution in [0.25, 0.3) is 0 Å². The molecule has 2 rings (SSSR count). The van der Waals surface area contributed by atoms with E-state index in [0.29, 0.717) is 6.54 Å². The summed E-state index contributed by atoms with van der Waals surface area (Å²) >= 11 is 1.68. The Morgan fingerprint density at radius 3 is 2.77 bits per heavy atom. The van der Waals surface area contributed by atoms with Gasteiger partial charge in [-0.05, 0) is 19.4 Å². The predicted molar refractivity (Wildman–Crippen MR) is 54.1 cm³/mol. The van der Waals surface area contributed by atoms with Crippen molar-refractivity contribution < 1.29 is 0 Å². The van der Waals surface area contributed by atoms with Crippen molar-refractivity contribution in [3.05, 3.63) is 5.01 Å². The number of aromatic nitrogens is 2. The maximum Gasteiger partial charge on any atom is 0.208 e. The lowest BCUT2D eigenvalue weighted by atomic mass is 10.4. The molecule has 1 saturated heterocycles. The molecule has 0 aromatic carbocycles. The lowest BCUT2D eigenvalue weighted by molar-refractivity contribution is 0.888. The first kappa shape index (κ1) is 8.90. The Hall–Kier alpha value is -0.680. The monoisotopic (exact) mass is 198 g/mol. The van der Waals surface area contributed by atoms with Crippen LogP contribution in [0, 0.1) is 0 Å². The normalized spacial score (nSPS) is 16.8. The van der Waals surface area contributed by atoms with E-state index in [1.165, 1.54) is 12.8 Å². The third-order valence-corrected chi connectivity index (χ3v) is 3.23. The lowest BCUT2D eigenvalue weighted by Crippen LogP contribution is -2.17. The third kappa shape index (κ3) is 1.97. The highest BCUT2D eigenvalue weighted by molar-refractivity contribution is 7.15. The lowest BCUT2D eigenvalue weighted by Gasteiger charge is -2.10. The first-order valence-corrected chi connectivity index (χ1v) is 5.49. The van der Waals surface area contributed by atoms with Crippen molar-refractivity contribution in [3.8, 4) is 0 Å². The van der Waals surface area contributed by atoms with E-state index >= 15 is 0 Å². The van der Waals surface area contributed by atoms with Crippen LogP contribution in [0.15, 0.2) is 0 Å². The van der Waals surface area contributed by atoms with Gasteiger partial charge in [-0.15, -0.1) is 10.2 Å². The van der Waals surface area contributed by atoms with Crippen LogP contribution in [0.3, 0.4) is 0 Å². The summed E-state index contributed by atoms with van der Waals surface area (Å²) in [5.41, 5.74) is 5.45. The topological polar surface area (TPSA) is 55.0 Å². The summed E-state index contributed by atoms with van der Waals surface area (Å²) in [6, 6.07) is 0. The van der Waals surface area contributed by atoms with Crippen molar-refractivity contribution in [3.63, 3.8) is 0 Å². The summed E-state index contributed by atoms with van der Waals surface area (Å²) in [7, 11) is 0. The van der Waals surface area contributed by atoms with Crippen molar-refractivity contribution in [1.82, 2.24) is 10.2 Å². The molecule has 5 heteroatoms. The molecule has 1 aliphatic heterocycles. The van der Waals surface area contributed by atoms with Crippen LogP contribution < -0.4 is 10.6 Å². The van der Waals surface area contributed by atoms with E-state index in [0.717, 1.165) is 29.6 Å². The van der Waals surface area contributed by atoms with E-state index in [9.17, 15) is 0 Å². The van der Waals surface area contributed by atoms with E-state index in [-0.39, 0.29) is 0 Å². The van der Waals surface area contributed by atoms with Crippen molar-refractivity contribution in [2.75, 3.05) is 24.5 Å². The molecular formula is C8H14N4S. The zero-order valence-corrected chi connectivity index (χ0v) is 8.39. The van der Waals surface area contributed by atoms with Gasteiger partial charge in [-0.2, -0.15) is 0 Å². The zero-order valence-electron chi connectivity index (χ0n) is 7.57. The molecule has 1 aromatic rings. The van der Waals surface area contributed by atoms with Gasteiger partial charge < -0.3 is 10.6 Å². The summed E-state index contributed by atoms with van der Waals surface area (Å²) in [4.78, 5) is 2.30. The highest BCUT2D eigenvalue weighted by Crippen LogP contribution is 2.23. The molecule has 0 aliphatic carbocycles. The molecule has 0 unspecified atom stereocenters. The van der Waals surface area contributed by atoms with Crippen LogP contribution >= 0.6 is 11.3 Å². The quantitative estimate of drug-likeness (QED) is 0.774. The third-order valence-electron chi connectivity index (χ3n) is 2.19. The molecule has 13 heavy (non-hydrogen) atoms. The van der Waals surface area contributed by atoms with E-state index < -0.39 is 0 Å². The average Bonchev–Trinajstić information content (AvgIpc) is 2.70. The van der Waals surface area contributed by atoms with Gasteiger partial charge in [-0.1, -0.05) is 11.3 Å². The summed E-state index contributed by atoms with van der Waals surface area (Å²) < 4.78 is 0. The Bertz CT molecular complexity index is 267. The molecule has 1 fully saturated rings. The second kappa shape index (κ2) is 4.02. The van der Waals surface area contributed by atoms with Gasteiger partial charge in [0, 0.05) is 19.5 Å². The first-order valence-electron chi connectivity index (χ1n) is 4.67. The van der Waals surface area contributed by atoms with Crippen LogP contribution in [-0.2, 0) is 6.42 Å². The summed E-state index contributed by atoms with van der Waals surface area (Å²) in [6.45, 7) is 2.93. The second-order valence-electron chi connectivity index (χ2n) is 3.21. The minimum atomic E-state index is 0.661. The van der Waals surface area contributed by atoms with E-state index in [2.05, 4.69) is 15.1 Å². The Balaban J connectivity index is 2.03. The Labute approximate surface area is 81.8 Å². The van der Waals surface area contributed by atoms with Crippen LogP contribution in [0.2, 0.25) is 0 Å². The maximum atomic E-state index is 5.45. The van der Waals surface area contributed by atoms with Crippen LogP contribution in [0.5, 0.6) is 0 Å². The first-order chi connectivity index (χ1) is 6.40. The van der Waals surface area contributed by atoms with Gasteiger partial charge in [-0.3, -0.25) is 0 Å². The molecule has 2 heterocycles. The second-order valence-corrected chi connectivity index (χ2v) is 4.25. The van der Waals surface area contributed by atoms with Gasteiger partial charge in [0.2, 0.25) is 5.13 Å². The fourth-order valence-corrected chi connectivity index (χ4v) is 2.41. The molecule has 0 spiro atoms. The minimum absolute atomic E-state index is 0.661. The molecular weight excluding hydrogens is 184 g/mol. The SMILES string of the molecule is NCCc1nnc(N2CCCC2)s1. The number of nitrogens with zero attached hydrogens (tertiary/aromatic N) is 3. The molecule has 0 atom stereocenters. The maximum absolute atomic E-state index is 5.45. The molecule has 0 amide bonds. The highest BCUT2D eigenvalue weighted by Gasteiger charge is 2.16. The zero-order chi connectivity index (χ0) is 9.10. The fraction of sp³-hybridized carbons (Fsp3) is 0.750. The molecule has 2 N–H and O–H groups in total. The van der Waals surface area contributed by atoms with Crippen molar-refractivity contribution in [2.24, 2.45) is 5.73 Å². The Morgan fingerprint density at radius 1 is 1.31 bits per heavy atom. The summed E-state index contributed by atoms with van der Waals surface area (Å²) in [5, 5.41) is 10.4. The van der Waals surface area contributed by atoms with Crippen LogP contribution in [-0.4, -0.2) is 29.8 Å². The van der Waals surface area contributed by atoms with Gasteiger partial charge >= 0.3 is 0 Å². The molecule has 0 radical (unpaired) electrons. The summed E-state index contributed by atoms with van der Waals surface area (Å²) in [6.07, 6.45) is 3.42.